The van der Waals surface area contributed by atoms with E-state index in [1.54, 1.807) is 0 Å². The molecule has 1 amide bonds. The van der Waals surface area contributed by atoms with E-state index in [0.717, 1.165) is 4.90 Å². The van der Waals surface area contributed by atoms with E-state index in [1.165, 1.54) is 13.1 Å². The van der Waals surface area contributed by atoms with Crippen molar-refractivity contribution in [3.05, 3.63) is 11.8 Å². The molecule has 1 fully saturated rings. The molecule has 0 saturated carbocycles. The number of phosphoric ester groups is 1. The highest BCUT2D eigenvalue weighted by molar-refractivity contribution is 7.60. The van der Waals surface area contributed by atoms with Crippen molar-refractivity contribution in [3.8, 4) is 0 Å². The number of carbonyl (C=O) groups is 1. The SMILES string of the molecule is CC1=CN([C@H]2CC[C@@](F)(COP(=O)(O)OP(=O)(O)O)O2)C(O)NC1=O. The first-order valence-electron chi connectivity index (χ1n) is 6.86. The smallest absolute Gasteiger partial charge is 0.356 e. The van der Waals surface area contributed by atoms with Crippen LogP contribution in [0.15, 0.2) is 11.8 Å². The van der Waals surface area contributed by atoms with Crippen LogP contribution in [0.25, 0.3) is 0 Å². The number of aliphatic hydroxyl groups excluding tert-OH is 1. The number of amides is 1. The summed E-state index contributed by atoms with van der Waals surface area (Å²) in [5, 5.41) is 12.0. The average molecular weight is 406 g/mol. The first kappa shape index (κ1) is 20.4. The lowest BCUT2D eigenvalue weighted by Crippen LogP contribution is -2.54. The van der Waals surface area contributed by atoms with Crippen LogP contribution in [0, 0.1) is 0 Å². The van der Waals surface area contributed by atoms with Gasteiger partial charge in [-0.3, -0.25) is 9.32 Å². The van der Waals surface area contributed by atoms with Crippen LogP contribution < -0.4 is 5.32 Å². The van der Waals surface area contributed by atoms with Gasteiger partial charge in [-0.1, -0.05) is 0 Å². The maximum Gasteiger partial charge on any atom is 0.481 e. The van der Waals surface area contributed by atoms with E-state index in [0.29, 0.717) is 0 Å². The summed E-state index contributed by atoms with van der Waals surface area (Å²) in [6, 6.07) is 0. The second kappa shape index (κ2) is 7.03. The molecule has 25 heavy (non-hydrogen) atoms. The standard InChI is InChI=1S/C10H17FN2O10P2/c1-6-4-13(9(15)12-8(6)14)7-2-3-10(11,22-7)5-21-25(19,20)23-24(16,17)18/h4,7,9,15H,2-3,5H2,1H3,(H,12,14)(H,19,20)(H2,16,17,18)/t7-,9?,10+/m1/s1. The molecule has 2 unspecified atom stereocenters. The third-order valence-corrected chi connectivity index (χ3v) is 5.47. The zero-order valence-corrected chi connectivity index (χ0v) is 14.6. The normalized spacial score (nSPS) is 33.0. The third kappa shape index (κ3) is 5.55. The lowest BCUT2D eigenvalue weighted by atomic mass is 10.2. The van der Waals surface area contributed by atoms with E-state index >= 15 is 0 Å². The first-order chi connectivity index (χ1) is 11.3. The molecule has 0 aromatic heterocycles. The van der Waals surface area contributed by atoms with Gasteiger partial charge in [-0.15, -0.1) is 0 Å². The summed E-state index contributed by atoms with van der Waals surface area (Å²) < 4.78 is 49.2. The van der Waals surface area contributed by atoms with E-state index in [1.807, 2.05) is 0 Å². The number of halogens is 1. The van der Waals surface area contributed by atoms with Crippen molar-refractivity contribution in [1.29, 1.82) is 0 Å². The van der Waals surface area contributed by atoms with Crippen LogP contribution in [-0.4, -0.2) is 55.6 Å². The zero-order chi connectivity index (χ0) is 19.0. The quantitative estimate of drug-likeness (QED) is 0.364. The Hall–Kier alpha value is -0.880. The highest BCUT2D eigenvalue weighted by Crippen LogP contribution is 2.58. The maximum absolute atomic E-state index is 14.5. The van der Waals surface area contributed by atoms with Crippen molar-refractivity contribution in [2.24, 2.45) is 0 Å². The second-order valence-corrected chi connectivity index (χ2v) is 8.24. The molecule has 144 valence electrons. The molecule has 5 N–H and O–H groups in total. The van der Waals surface area contributed by atoms with E-state index in [9.17, 15) is 23.4 Å². The fourth-order valence-electron chi connectivity index (χ4n) is 2.25. The van der Waals surface area contributed by atoms with Crippen molar-refractivity contribution in [2.45, 2.75) is 38.2 Å². The Kier molecular flexibility index (Phi) is 5.74. The van der Waals surface area contributed by atoms with E-state index in [4.69, 9.17) is 19.4 Å². The summed E-state index contributed by atoms with van der Waals surface area (Å²) >= 11 is 0. The summed E-state index contributed by atoms with van der Waals surface area (Å²) in [7, 11) is -10.5. The van der Waals surface area contributed by atoms with E-state index in [2.05, 4.69) is 14.2 Å². The Bertz CT molecular complexity index is 668. The van der Waals surface area contributed by atoms with Gasteiger partial charge in [0, 0.05) is 18.2 Å². The Labute approximate surface area is 141 Å². The van der Waals surface area contributed by atoms with Crippen molar-refractivity contribution in [1.82, 2.24) is 10.2 Å². The van der Waals surface area contributed by atoms with E-state index < -0.39 is 46.6 Å². The fourth-order valence-corrected chi connectivity index (χ4v) is 3.87. The van der Waals surface area contributed by atoms with Crippen LogP contribution >= 0.6 is 15.6 Å². The van der Waals surface area contributed by atoms with Crippen molar-refractivity contribution in [2.75, 3.05) is 6.61 Å². The first-order valence-corrected chi connectivity index (χ1v) is 9.89. The summed E-state index contributed by atoms with van der Waals surface area (Å²) in [6.45, 7) is 0.326. The van der Waals surface area contributed by atoms with Gasteiger partial charge < -0.3 is 34.7 Å². The van der Waals surface area contributed by atoms with Crippen molar-refractivity contribution in [3.63, 3.8) is 0 Å². The molecule has 0 bridgehead atoms. The predicted molar refractivity (Wildman–Crippen MR) is 76.6 cm³/mol. The number of hydrogen-bond acceptors (Lipinski definition) is 8. The van der Waals surface area contributed by atoms with Gasteiger partial charge in [-0.2, -0.15) is 4.31 Å². The average Bonchev–Trinajstić information content (AvgIpc) is 2.81. The van der Waals surface area contributed by atoms with Crippen LogP contribution in [-0.2, 0) is 27.5 Å². The second-order valence-electron chi connectivity index (χ2n) is 5.41. The lowest BCUT2D eigenvalue weighted by Gasteiger charge is -2.36. The molecule has 1 saturated heterocycles. The van der Waals surface area contributed by atoms with Gasteiger partial charge in [0.2, 0.25) is 12.2 Å². The Morgan fingerprint density at radius 2 is 2.12 bits per heavy atom. The van der Waals surface area contributed by atoms with Crippen LogP contribution in [0.5, 0.6) is 0 Å². The molecule has 12 nitrogen and oxygen atoms in total. The lowest BCUT2D eigenvalue weighted by molar-refractivity contribution is -0.204. The molecule has 0 aromatic rings. The zero-order valence-electron chi connectivity index (χ0n) is 12.8. The van der Waals surface area contributed by atoms with Gasteiger partial charge in [-0.05, 0) is 13.3 Å². The fraction of sp³-hybridized carbons (Fsp3) is 0.700. The molecular weight excluding hydrogens is 389 g/mol. The van der Waals surface area contributed by atoms with Gasteiger partial charge in [-0.25, -0.2) is 13.5 Å². The Balaban J connectivity index is 1.98. The predicted octanol–water partition coefficient (Wildman–Crippen LogP) is -0.374. The number of phosphoric acid groups is 2. The molecule has 0 spiro atoms. The summed E-state index contributed by atoms with van der Waals surface area (Å²) in [6.07, 6.45) is -1.47. The number of nitrogens with zero attached hydrogens (tertiary/aromatic N) is 1. The molecule has 2 aliphatic heterocycles. The minimum Gasteiger partial charge on any atom is -0.356 e. The molecule has 0 aliphatic carbocycles. The topological polar surface area (TPSA) is 175 Å². The Morgan fingerprint density at radius 3 is 2.72 bits per heavy atom. The van der Waals surface area contributed by atoms with Gasteiger partial charge in [0.05, 0.1) is 0 Å². The van der Waals surface area contributed by atoms with Crippen LogP contribution in [0.4, 0.5) is 4.39 Å². The highest BCUT2D eigenvalue weighted by Gasteiger charge is 2.47. The number of rotatable bonds is 6. The molecule has 2 heterocycles. The van der Waals surface area contributed by atoms with Crippen LogP contribution in [0.3, 0.4) is 0 Å². The summed E-state index contributed by atoms with van der Waals surface area (Å²) in [5.41, 5.74) is 0.247. The van der Waals surface area contributed by atoms with Gasteiger partial charge in [0.1, 0.15) is 12.8 Å². The molecule has 15 heteroatoms. The number of hydrogen-bond donors (Lipinski definition) is 5. The maximum atomic E-state index is 14.5. The highest BCUT2D eigenvalue weighted by atomic mass is 31.3. The molecule has 0 radical (unpaired) electrons. The minimum atomic E-state index is -5.32. The molecule has 4 atom stereocenters. The monoisotopic (exact) mass is 406 g/mol. The molecule has 2 rings (SSSR count). The molecule has 0 aromatic carbocycles. The minimum absolute atomic E-state index is 0.0334. The molecular formula is C10H17FN2O10P2. The number of ether oxygens (including phenoxy) is 1. The Morgan fingerprint density at radius 1 is 1.48 bits per heavy atom. The van der Waals surface area contributed by atoms with Gasteiger partial charge >= 0.3 is 15.6 Å². The largest absolute Gasteiger partial charge is 0.481 e. The van der Waals surface area contributed by atoms with E-state index in [-0.39, 0.29) is 18.4 Å². The third-order valence-electron chi connectivity index (χ3n) is 3.34. The number of nitrogens with one attached hydrogen (secondary N) is 1. The van der Waals surface area contributed by atoms with Gasteiger partial charge in [0.15, 0.2) is 0 Å². The van der Waals surface area contributed by atoms with Crippen molar-refractivity contribution < 1.29 is 51.7 Å². The van der Waals surface area contributed by atoms with Crippen LogP contribution in [0.1, 0.15) is 19.8 Å². The number of carbonyl (C=O) groups excluding carboxylic acids is 1. The van der Waals surface area contributed by atoms with Gasteiger partial charge in [0.25, 0.3) is 5.91 Å². The number of aliphatic hydroxyl groups is 1. The number of alkyl halides is 1. The summed E-state index contributed by atoms with van der Waals surface area (Å²) in [5.74, 6) is -3.07. The summed E-state index contributed by atoms with van der Waals surface area (Å²) in [4.78, 5) is 38.6. The van der Waals surface area contributed by atoms with Crippen molar-refractivity contribution >= 4 is 21.6 Å². The molecule has 2 aliphatic rings. The van der Waals surface area contributed by atoms with Crippen LogP contribution in [0.2, 0.25) is 0 Å².